The van der Waals surface area contributed by atoms with Gasteiger partial charge in [0.1, 0.15) is 6.33 Å². The van der Waals surface area contributed by atoms with Crippen LogP contribution in [0.2, 0.25) is 0 Å². The standard InChI is InChI=1S/C12H19N5O2/c1-8(18)16-9-3-5-17(6-4-9)12-10(19-2)11(13)14-7-15-12/h7,9H,3-6H2,1-2H3,(H,16,18)(H2,13,14,15). The summed E-state index contributed by atoms with van der Waals surface area (Å²) in [6, 6.07) is 0.235. The van der Waals surface area contributed by atoms with E-state index in [1.54, 1.807) is 14.0 Å². The first-order valence-electron chi connectivity index (χ1n) is 6.28. The lowest BCUT2D eigenvalue weighted by atomic mass is 10.1. The summed E-state index contributed by atoms with van der Waals surface area (Å²) < 4.78 is 5.26. The second-order valence-electron chi connectivity index (χ2n) is 4.58. The lowest BCUT2D eigenvalue weighted by Crippen LogP contribution is -2.44. The Morgan fingerprint density at radius 2 is 2.16 bits per heavy atom. The smallest absolute Gasteiger partial charge is 0.217 e. The van der Waals surface area contributed by atoms with Crippen molar-refractivity contribution in [1.82, 2.24) is 15.3 Å². The maximum absolute atomic E-state index is 11.0. The summed E-state index contributed by atoms with van der Waals surface area (Å²) in [5, 5.41) is 2.94. The maximum Gasteiger partial charge on any atom is 0.217 e. The first-order valence-corrected chi connectivity index (χ1v) is 6.28. The molecule has 1 fully saturated rings. The zero-order valence-corrected chi connectivity index (χ0v) is 11.2. The molecular weight excluding hydrogens is 246 g/mol. The van der Waals surface area contributed by atoms with E-state index in [0.717, 1.165) is 31.7 Å². The Hall–Kier alpha value is -2.05. The molecular formula is C12H19N5O2. The van der Waals surface area contributed by atoms with Crippen LogP contribution in [0, 0.1) is 0 Å². The number of piperidine rings is 1. The van der Waals surface area contributed by atoms with Gasteiger partial charge in [-0.05, 0) is 12.8 Å². The molecule has 2 rings (SSSR count). The molecule has 1 aromatic rings. The highest BCUT2D eigenvalue weighted by Crippen LogP contribution is 2.31. The Kier molecular flexibility index (Phi) is 4.03. The van der Waals surface area contributed by atoms with Crippen LogP contribution in [0.4, 0.5) is 11.6 Å². The predicted molar refractivity (Wildman–Crippen MR) is 72.0 cm³/mol. The third-order valence-electron chi connectivity index (χ3n) is 3.22. The van der Waals surface area contributed by atoms with E-state index in [2.05, 4.69) is 20.2 Å². The van der Waals surface area contributed by atoms with E-state index < -0.39 is 0 Å². The van der Waals surface area contributed by atoms with E-state index >= 15 is 0 Å². The van der Waals surface area contributed by atoms with Gasteiger partial charge in [0.05, 0.1) is 7.11 Å². The van der Waals surface area contributed by atoms with Gasteiger partial charge < -0.3 is 20.7 Å². The van der Waals surface area contributed by atoms with Crippen LogP contribution < -0.4 is 20.7 Å². The Labute approximate surface area is 112 Å². The van der Waals surface area contributed by atoms with Gasteiger partial charge in [0.15, 0.2) is 11.6 Å². The Morgan fingerprint density at radius 3 is 2.74 bits per heavy atom. The monoisotopic (exact) mass is 265 g/mol. The number of nitrogen functional groups attached to an aromatic ring is 1. The Balaban J connectivity index is 2.05. The van der Waals surface area contributed by atoms with Crippen molar-refractivity contribution in [2.24, 2.45) is 0 Å². The van der Waals surface area contributed by atoms with Crippen LogP contribution >= 0.6 is 0 Å². The molecule has 3 N–H and O–H groups in total. The van der Waals surface area contributed by atoms with Gasteiger partial charge in [-0.2, -0.15) is 0 Å². The number of amides is 1. The highest BCUT2D eigenvalue weighted by Gasteiger charge is 2.23. The number of nitrogens with two attached hydrogens (primary N) is 1. The summed E-state index contributed by atoms with van der Waals surface area (Å²) >= 11 is 0. The Bertz CT molecular complexity index is 457. The molecule has 0 atom stereocenters. The molecule has 1 amide bonds. The van der Waals surface area contributed by atoms with Crippen molar-refractivity contribution in [3.63, 3.8) is 0 Å². The van der Waals surface area contributed by atoms with Crippen molar-refractivity contribution < 1.29 is 9.53 Å². The fourth-order valence-corrected chi connectivity index (χ4v) is 2.32. The number of ether oxygens (including phenoxy) is 1. The van der Waals surface area contributed by atoms with Crippen LogP contribution in [0.3, 0.4) is 0 Å². The molecule has 0 spiro atoms. The number of rotatable bonds is 3. The van der Waals surface area contributed by atoms with Crippen molar-refractivity contribution in [2.45, 2.75) is 25.8 Å². The number of carbonyl (C=O) groups excluding carboxylic acids is 1. The number of nitrogens with zero attached hydrogens (tertiary/aromatic N) is 3. The molecule has 2 heterocycles. The summed E-state index contributed by atoms with van der Waals surface area (Å²) in [6.45, 7) is 3.15. The second-order valence-corrected chi connectivity index (χ2v) is 4.58. The zero-order chi connectivity index (χ0) is 13.8. The quantitative estimate of drug-likeness (QED) is 0.809. The number of methoxy groups -OCH3 is 1. The minimum atomic E-state index is 0.0160. The molecule has 104 valence electrons. The van der Waals surface area contributed by atoms with Gasteiger partial charge in [0.25, 0.3) is 0 Å². The minimum absolute atomic E-state index is 0.0160. The first-order chi connectivity index (χ1) is 9.11. The average Bonchev–Trinajstić information content (AvgIpc) is 2.38. The number of anilines is 2. The van der Waals surface area contributed by atoms with Gasteiger partial charge in [-0.25, -0.2) is 9.97 Å². The van der Waals surface area contributed by atoms with Crippen molar-refractivity contribution in [3.8, 4) is 5.75 Å². The van der Waals surface area contributed by atoms with E-state index in [-0.39, 0.29) is 11.9 Å². The number of nitrogens with one attached hydrogen (secondary N) is 1. The van der Waals surface area contributed by atoms with Crippen molar-refractivity contribution in [2.75, 3.05) is 30.8 Å². The van der Waals surface area contributed by atoms with Crippen molar-refractivity contribution >= 4 is 17.5 Å². The topological polar surface area (TPSA) is 93.4 Å². The normalized spacial score (nSPS) is 16.2. The SMILES string of the molecule is COc1c(N)ncnc1N1CCC(NC(C)=O)CC1. The Morgan fingerprint density at radius 1 is 1.47 bits per heavy atom. The minimum Gasteiger partial charge on any atom is -0.490 e. The summed E-state index contributed by atoms with van der Waals surface area (Å²) in [6.07, 6.45) is 3.20. The van der Waals surface area contributed by atoms with E-state index in [1.807, 2.05) is 0 Å². The lowest BCUT2D eigenvalue weighted by molar-refractivity contribution is -0.119. The van der Waals surface area contributed by atoms with E-state index in [4.69, 9.17) is 10.5 Å². The molecule has 0 radical (unpaired) electrons. The van der Waals surface area contributed by atoms with Crippen molar-refractivity contribution in [3.05, 3.63) is 6.33 Å². The molecule has 0 bridgehead atoms. The summed E-state index contributed by atoms with van der Waals surface area (Å²) in [7, 11) is 1.56. The fraction of sp³-hybridized carbons (Fsp3) is 0.583. The predicted octanol–water partition coefficient (Wildman–Crippen LogP) is 0.172. The fourth-order valence-electron chi connectivity index (χ4n) is 2.32. The van der Waals surface area contributed by atoms with Gasteiger partial charge in [-0.15, -0.1) is 0 Å². The number of hydrogen-bond acceptors (Lipinski definition) is 6. The van der Waals surface area contributed by atoms with Crippen LogP contribution in [-0.2, 0) is 4.79 Å². The number of carbonyl (C=O) groups is 1. The lowest BCUT2D eigenvalue weighted by Gasteiger charge is -2.33. The van der Waals surface area contributed by atoms with Gasteiger partial charge in [-0.1, -0.05) is 0 Å². The van der Waals surface area contributed by atoms with Crippen LogP contribution in [0.15, 0.2) is 6.33 Å². The third kappa shape index (κ3) is 3.04. The van der Waals surface area contributed by atoms with Crippen LogP contribution in [-0.4, -0.2) is 42.1 Å². The maximum atomic E-state index is 11.0. The largest absolute Gasteiger partial charge is 0.490 e. The van der Waals surface area contributed by atoms with Gasteiger partial charge >= 0.3 is 0 Å². The van der Waals surface area contributed by atoms with Gasteiger partial charge in [-0.3, -0.25) is 4.79 Å². The molecule has 1 saturated heterocycles. The van der Waals surface area contributed by atoms with E-state index in [9.17, 15) is 4.79 Å². The molecule has 0 aliphatic carbocycles. The highest BCUT2D eigenvalue weighted by molar-refractivity contribution is 5.73. The molecule has 0 saturated carbocycles. The molecule has 1 aliphatic heterocycles. The van der Waals surface area contributed by atoms with Gasteiger partial charge in [0.2, 0.25) is 11.7 Å². The van der Waals surface area contributed by atoms with E-state index in [1.165, 1.54) is 6.33 Å². The first kappa shape index (κ1) is 13.4. The third-order valence-corrected chi connectivity index (χ3v) is 3.22. The average molecular weight is 265 g/mol. The zero-order valence-electron chi connectivity index (χ0n) is 11.2. The molecule has 7 nitrogen and oxygen atoms in total. The molecule has 19 heavy (non-hydrogen) atoms. The van der Waals surface area contributed by atoms with Crippen molar-refractivity contribution in [1.29, 1.82) is 0 Å². The molecule has 7 heteroatoms. The van der Waals surface area contributed by atoms with Gasteiger partial charge in [0, 0.05) is 26.1 Å². The summed E-state index contributed by atoms with van der Waals surface area (Å²) in [5.41, 5.74) is 5.77. The number of hydrogen-bond donors (Lipinski definition) is 2. The molecule has 1 aromatic heterocycles. The van der Waals surface area contributed by atoms with Crippen LogP contribution in [0.1, 0.15) is 19.8 Å². The summed E-state index contributed by atoms with van der Waals surface area (Å²) in [5.74, 6) is 1.59. The van der Waals surface area contributed by atoms with Crippen LogP contribution in [0.25, 0.3) is 0 Å². The van der Waals surface area contributed by atoms with E-state index in [0.29, 0.717) is 11.6 Å². The summed E-state index contributed by atoms with van der Waals surface area (Å²) in [4.78, 5) is 21.3. The molecule has 1 aliphatic rings. The van der Waals surface area contributed by atoms with Crippen LogP contribution in [0.5, 0.6) is 5.75 Å². The second kappa shape index (κ2) is 5.73. The number of aromatic nitrogens is 2. The molecule has 0 unspecified atom stereocenters. The highest BCUT2D eigenvalue weighted by atomic mass is 16.5. The molecule has 0 aromatic carbocycles.